The van der Waals surface area contributed by atoms with Gasteiger partial charge in [0.15, 0.2) is 0 Å². The second-order valence-corrected chi connectivity index (χ2v) is 6.20. The van der Waals surface area contributed by atoms with Crippen molar-refractivity contribution in [3.05, 3.63) is 64.2 Å². The fourth-order valence-electron chi connectivity index (χ4n) is 2.06. The summed E-state index contributed by atoms with van der Waals surface area (Å²) in [6.45, 7) is 6.01. The highest BCUT2D eigenvalue weighted by molar-refractivity contribution is 7.98. The molecular formula is C17H20ClNS. The van der Waals surface area contributed by atoms with Crippen LogP contribution in [0.3, 0.4) is 0 Å². The van der Waals surface area contributed by atoms with Crippen molar-refractivity contribution in [2.45, 2.75) is 31.0 Å². The van der Waals surface area contributed by atoms with Crippen LogP contribution in [0.25, 0.3) is 0 Å². The molecule has 0 amide bonds. The number of thioether (sulfide) groups is 1. The topological polar surface area (TPSA) is 12.0 Å². The second-order valence-electron chi connectivity index (χ2n) is 4.77. The van der Waals surface area contributed by atoms with Gasteiger partial charge in [0.2, 0.25) is 0 Å². The molecule has 1 nitrogen and oxygen atoms in total. The van der Waals surface area contributed by atoms with E-state index in [-0.39, 0.29) is 0 Å². The molecule has 0 aromatic heterocycles. The summed E-state index contributed by atoms with van der Waals surface area (Å²) in [4.78, 5) is 1.26. The maximum atomic E-state index is 6.32. The average Bonchev–Trinajstić information content (AvgIpc) is 2.44. The smallest absolute Gasteiger partial charge is 0.0462 e. The van der Waals surface area contributed by atoms with Crippen molar-refractivity contribution < 1.29 is 0 Å². The molecule has 2 aromatic carbocycles. The Morgan fingerprint density at radius 2 is 1.95 bits per heavy atom. The van der Waals surface area contributed by atoms with Gasteiger partial charge in [-0.25, -0.2) is 0 Å². The monoisotopic (exact) mass is 305 g/mol. The first-order valence-corrected chi connectivity index (χ1v) is 8.23. The number of hydrogen-bond donors (Lipinski definition) is 1. The third kappa shape index (κ3) is 4.27. The molecule has 0 bridgehead atoms. The van der Waals surface area contributed by atoms with Crippen LogP contribution >= 0.6 is 23.4 Å². The molecule has 0 aliphatic carbocycles. The predicted molar refractivity (Wildman–Crippen MR) is 89.6 cm³/mol. The van der Waals surface area contributed by atoms with Crippen LogP contribution in [0.4, 0.5) is 0 Å². The number of nitrogens with one attached hydrogen (secondary N) is 1. The Labute approximate surface area is 130 Å². The molecule has 3 heteroatoms. The molecule has 0 atom stereocenters. The predicted octanol–water partition coefficient (Wildman–Crippen LogP) is 5.05. The number of hydrogen-bond acceptors (Lipinski definition) is 2. The van der Waals surface area contributed by atoms with E-state index in [0.29, 0.717) is 0 Å². The molecule has 0 heterocycles. The van der Waals surface area contributed by atoms with Gasteiger partial charge in [0, 0.05) is 22.2 Å². The minimum atomic E-state index is 0.826. The zero-order valence-corrected chi connectivity index (χ0v) is 13.5. The summed E-state index contributed by atoms with van der Waals surface area (Å²) in [5.41, 5.74) is 3.86. The zero-order chi connectivity index (χ0) is 14.4. The van der Waals surface area contributed by atoms with Crippen LogP contribution in [0, 0.1) is 6.92 Å². The molecule has 1 N–H and O–H groups in total. The molecule has 2 rings (SSSR count). The van der Waals surface area contributed by atoms with Crippen molar-refractivity contribution in [1.29, 1.82) is 0 Å². The number of rotatable bonds is 6. The van der Waals surface area contributed by atoms with Gasteiger partial charge in [-0.15, -0.1) is 11.8 Å². The Kier molecular flexibility index (Phi) is 5.96. The summed E-state index contributed by atoms with van der Waals surface area (Å²) in [7, 11) is 0. The number of aryl methyl sites for hydroxylation is 1. The third-order valence-electron chi connectivity index (χ3n) is 3.10. The summed E-state index contributed by atoms with van der Waals surface area (Å²) in [5.74, 6) is 0.973. The van der Waals surface area contributed by atoms with E-state index in [4.69, 9.17) is 11.6 Å². The van der Waals surface area contributed by atoms with Crippen LogP contribution in [0.2, 0.25) is 5.02 Å². The van der Waals surface area contributed by atoms with E-state index in [1.165, 1.54) is 21.6 Å². The van der Waals surface area contributed by atoms with E-state index >= 15 is 0 Å². The molecule has 0 saturated heterocycles. The van der Waals surface area contributed by atoms with Gasteiger partial charge in [0.1, 0.15) is 0 Å². The summed E-state index contributed by atoms with van der Waals surface area (Å²) >= 11 is 8.17. The molecule has 0 radical (unpaired) electrons. The lowest BCUT2D eigenvalue weighted by molar-refractivity contribution is 0.718. The largest absolute Gasteiger partial charge is 0.313 e. The highest BCUT2D eigenvalue weighted by Crippen LogP contribution is 2.30. The van der Waals surface area contributed by atoms with Crippen molar-refractivity contribution >= 4 is 23.4 Å². The molecule has 20 heavy (non-hydrogen) atoms. The van der Waals surface area contributed by atoms with E-state index in [1.54, 1.807) is 0 Å². The maximum absolute atomic E-state index is 6.32. The second kappa shape index (κ2) is 7.72. The van der Waals surface area contributed by atoms with Gasteiger partial charge in [-0.3, -0.25) is 0 Å². The highest BCUT2D eigenvalue weighted by Gasteiger charge is 2.07. The lowest BCUT2D eigenvalue weighted by atomic mass is 10.2. The third-order valence-corrected chi connectivity index (χ3v) is 4.63. The van der Waals surface area contributed by atoms with E-state index < -0.39 is 0 Å². The lowest BCUT2D eigenvalue weighted by Gasteiger charge is -2.11. The zero-order valence-electron chi connectivity index (χ0n) is 11.9. The summed E-state index contributed by atoms with van der Waals surface area (Å²) in [6, 6.07) is 14.8. The highest BCUT2D eigenvalue weighted by atomic mass is 35.5. The molecule has 106 valence electrons. The van der Waals surface area contributed by atoms with Crippen LogP contribution in [0.1, 0.15) is 23.6 Å². The van der Waals surface area contributed by atoms with E-state index in [9.17, 15) is 0 Å². The normalized spacial score (nSPS) is 10.8. The standard InChI is InChI=1S/C17H20ClNS/c1-3-19-11-15-16(18)8-5-9-17(15)20-12-14-7-4-6-13(2)10-14/h4-10,19H,3,11-12H2,1-2H3. The van der Waals surface area contributed by atoms with Gasteiger partial charge in [-0.2, -0.15) is 0 Å². The van der Waals surface area contributed by atoms with Crippen molar-refractivity contribution in [3.63, 3.8) is 0 Å². The lowest BCUT2D eigenvalue weighted by Crippen LogP contribution is -2.12. The fourth-order valence-corrected chi connectivity index (χ4v) is 3.39. The van der Waals surface area contributed by atoms with Crippen LogP contribution in [0.15, 0.2) is 47.4 Å². The number of benzene rings is 2. The minimum absolute atomic E-state index is 0.826. The number of halogens is 1. The van der Waals surface area contributed by atoms with Crippen molar-refractivity contribution in [2.24, 2.45) is 0 Å². The van der Waals surface area contributed by atoms with E-state index in [2.05, 4.69) is 49.5 Å². The van der Waals surface area contributed by atoms with Gasteiger partial charge < -0.3 is 5.32 Å². The van der Waals surface area contributed by atoms with Gasteiger partial charge >= 0.3 is 0 Å². The summed E-state index contributed by atoms with van der Waals surface area (Å²) in [5, 5.41) is 4.20. The van der Waals surface area contributed by atoms with Gasteiger partial charge in [-0.05, 0) is 36.7 Å². The Morgan fingerprint density at radius 3 is 2.70 bits per heavy atom. The van der Waals surface area contributed by atoms with Crippen LogP contribution in [-0.4, -0.2) is 6.54 Å². The van der Waals surface area contributed by atoms with Crippen molar-refractivity contribution in [3.8, 4) is 0 Å². The first-order chi connectivity index (χ1) is 9.70. The first kappa shape index (κ1) is 15.4. The fraction of sp³-hybridized carbons (Fsp3) is 0.294. The molecular weight excluding hydrogens is 286 g/mol. The Morgan fingerprint density at radius 1 is 1.15 bits per heavy atom. The van der Waals surface area contributed by atoms with Crippen LogP contribution in [-0.2, 0) is 12.3 Å². The quantitative estimate of drug-likeness (QED) is 0.749. The first-order valence-electron chi connectivity index (χ1n) is 6.87. The van der Waals surface area contributed by atoms with Gasteiger partial charge in [0.05, 0.1) is 0 Å². The average molecular weight is 306 g/mol. The van der Waals surface area contributed by atoms with Crippen molar-refractivity contribution in [2.75, 3.05) is 6.54 Å². The molecule has 0 aliphatic heterocycles. The SMILES string of the molecule is CCNCc1c(Cl)cccc1SCc1cccc(C)c1. The van der Waals surface area contributed by atoms with Crippen molar-refractivity contribution in [1.82, 2.24) is 5.32 Å². The van der Waals surface area contributed by atoms with Gasteiger partial charge in [0.25, 0.3) is 0 Å². The summed E-state index contributed by atoms with van der Waals surface area (Å²) in [6.07, 6.45) is 0. The molecule has 0 unspecified atom stereocenters. The maximum Gasteiger partial charge on any atom is 0.0462 e. The Balaban J connectivity index is 2.10. The Hall–Kier alpha value is -0.960. The van der Waals surface area contributed by atoms with Crippen LogP contribution < -0.4 is 5.32 Å². The Bertz CT molecular complexity index is 569. The molecule has 0 spiro atoms. The van der Waals surface area contributed by atoms with Gasteiger partial charge in [-0.1, -0.05) is 54.4 Å². The van der Waals surface area contributed by atoms with Crippen LogP contribution in [0.5, 0.6) is 0 Å². The molecule has 2 aromatic rings. The van der Waals surface area contributed by atoms with E-state index in [1.807, 2.05) is 23.9 Å². The molecule has 0 aliphatic rings. The van der Waals surface area contributed by atoms with E-state index in [0.717, 1.165) is 23.9 Å². The minimum Gasteiger partial charge on any atom is -0.313 e. The molecule has 0 fully saturated rings. The summed E-state index contributed by atoms with van der Waals surface area (Å²) < 4.78 is 0. The molecule has 0 saturated carbocycles.